The average molecular weight is 242 g/mol. The third-order valence-electron chi connectivity index (χ3n) is 3.30. The fourth-order valence-electron chi connectivity index (χ4n) is 1.98. The molecular weight excluding hydrogens is 224 g/mol. The molecule has 2 aromatic rings. The molecule has 0 saturated heterocycles. The third kappa shape index (κ3) is 2.23. The van der Waals surface area contributed by atoms with Crippen molar-refractivity contribution in [1.29, 1.82) is 0 Å². The maximum absolute atomic E-state index is 12.5. The Labute approximate surface area is 108 Å². The predicted octanol–water partition coefficient (Wildman–Crippen LogP) is 4.00. The standard InChI is InChI=1S/C16H18O2/c1-4-13-10-11-14(18-13)15(17)16(2,3)12-8-6-5-7-9-12/h5-11H,4H2,1-3H3. The van der Waals surface area contributed by atoms with E-state index >= 15 is 0 Å². The molecule has 0 aliphatic heterocycles. The van der Waals surface area contributed by atoms with Crippen LogP contribution in [-0.4, -0.2) is 5.78 Å². The Bertz CT molecular complexity index is 535. The average Bonchev–Trinajstić information content (AvgIpc) is 2.87. The van der Waals surface area contributed by atoms with Gasteiger partial charge in [0, 0.05) is 6.42 Å². The first kappa shape index (κ1) is 12.6. The SMILES string of the molecule is CCc1ccc(C(=O)C(C)(C)c2ccccc2)o1. The minimum atomic E-state index is -0.565. The quantitative estimate of drug-likeness (QED) is 0.758. The molecule has 0 bridgehead atoms. The van der Waals surface area contributed by atoms with Crippen LogP contribution in [0.1, 0.15) is 42.6 Å². The molecule has 1 aromatic heterocycles. The summed E-state index contributed by atoms with van der Waals surface area (Å²) in [4.78, 5) is 12.5. The van der Waals surface area contributed by atoms with Gasteiger partial charge in [0.25, 0.3) is 0 Å². The van der Waals surface area contributed by atoms with Crippen molar-refractivity contribution in [3.63, 3.8) is 0 Å². The smallest absolute Gasteiger partial charge is 0.207 e. The van der Waals surface area contributed by atoms with Crippen molar-refractivity contribution in [1.82, 2.24) is 0 Å². The first-order valence-corrected chi connectivity index (χ1v) is 6.24. The minimum Gasteiger partial charge on any atom is -0.458 e. The Balaban J connectivity index is 2.33. The van der Waals surface area contributed by atoms with E-state index in [1.807, 2.05) is 57.2 Å². The summed E-state index contributed by atoms with van der Waals surface area (Å²) >= 11 is 0. The van der Waals surface area contributed by atoms with Crippen LogP contribution < -0.4 is 0 Å². The van der Waals surface area contributed by atoms with Crippen LogP contribution in [0.15, 0.2) is 46.9 Å². The highest BCUT2D eigenvalue weighted by Crippen LogP contribution is 2.28. The molecule has 18 heavy (non-hydrogen) atoms. The summed E-state index contributed by atoms with van der Waals surface area (Å²) in [5.74, 6) is 1.32. The molecule has 2 rings (SSSR count). The second-order valence-corrected chi connectivity index (χ2v) is 4.94. The van der Waals surface area contributed by atoms with Crippen molar-refractivity contribution in [2.75, 3.05) is 0 Å². The fourth-order valence-corrected chi connectivity index (χ4v) is 1.98. The maximum atomic E-state index is 12.5. The number of furan rings is 1. The van der Waals surface area contributed by atoms with Crippen LogP contribution in [0, 0.1) is 0 Å². The van der Waals surface area contributed by atoms with Gasteiger partial charge in [-0.15, -0.1) is 0 Å². The Morgan fingerprint density at radius 1 is 1.11 bits per heavy atom. The molecule has 94 valence electrons. The highest BCUT2D eigenvalue weighted by atomic mass is 16.3. The number of hydrogen-bond acceptors (Lipinski definition) is 2. The summed E-state index contributed by atoms with van der Waals surface area (Å²) in [6, 6.07) is 13.4. The van der Waals surface area contributed by atoms with Crippen LogP contribution in [0.4, 0.5) is 0 Å². The van der Waals surface area contributed by atoms with Gasteiger partial charge in [0.15, 0.2) is 5.76 Å². The number of aryl methyl sites for hydroxylation is 1. The Hall–Kier alpha value is -1.83. The van der Waals surface area contributed by atoms with Gasteiger partial charge in [-0.25, -0.2) is 0 Å². The van der Waals surface area contributed by atoms with E-state index in [1.54, 1.807) is 6.07 Å². The summed E-state index contributed by atoms with van der Waals surface area (Å²) in [6.45, 7) is 5.87. The molecule has 2 nitrogen and oxygen atoms in total. The van der Waals surface area contributed by atoms with E-state index in [9.17, 15) is 4.79 Å². The molecule has 0 radical (unpaired) electrons. The van der Waals surface area contributed by atoms with Crippen molar-refractivity contribution >= 4 is 5.78 Å². The lowest BCUT2D eigenvalue weighted by atomic mass is 9.80. The molecule has 0 fully saturated rings. The van der Waals surface area contributed by atoms with Crippen LogP contribution in [0.25, 0.3) is 0 Å². The first-order valence-electron chi connectivity index (χ1n) is 6.24. The molecule has 0 N–H and O–H groups in total. The lowest BCUT2D eigenvalue weighted by Gasteiger charge is -2.22. The van der Waals surface area contributed by atoms with Crippen LogP contribution in [0.5, 0.6) is 0 Å². The van der Waals surface area contributed by atoms with E-state index < -0.39 is 5.41 Å². The van der Waals surface area contributed by atoms with Gasteiger partial charge in [-0.3, -0.25) is 4.79 Å². The number of carbonyl (C=O) groups is 1. The van der Waals surface area contributed by atoms with Crippen LogP contribution in [0.2, 0.25) is 0 Å². The Morgan fingerprint density at radius 2 is 1.78 bits per heavy atom. The lowest BCUT2D eigenvalue weighted by molar-refractivity contribution is 0.0878. The zero-order valence-electron chi connectivity index (χ0n) is 11.1. The predicted molar refractivity (Wildman–Crippen MR) is 71.9 cm³/mol. The van der Waals surface area contributed by atoms with E-state index in [4.69, 9.17) is 4.42 Å². The largest absolute Gasteiger partial charge is 0.458 e. The number of Topliss-reactive ketones (excluding diaryl/α,β-unsaturated/α-hetero) is 1. The maximum Gasteiger partial charge on any atom is 0.207 e. The highest BCUT2D eigenvalue weighted by molar-refractivity contribution is 6.01. The fraction of sp³-hybridized carbons (Fsp3) is 0.312. The molecule has 0 unspecified atom stereocenters. The van der Waals surface area contributed by atoms with Crippen molar-refractivity contribution in [2.24, 2.45) is 0 Å². The highest BCUT2D eigenvalue weighted by Gasteiger charge is 2.32. The van der Waals surface area contributed by atoms with E-state index in [1.165, 1.54) is 0 Å². The van der Waals surface area contributed by atoms with Gasteiger partial charge in [0.2, 0.25) is 5.78 Å². The molecule has 1 aromatic carbocycles. The van der Waals surface area contributed by atoms with Gasteiger partial charge in [-0.1, -0.05) is 37.3 Å². The van der Waals surface area contributed by atoms with Gasteiger partial charge in [0.05, 0.1) is 5.41 Å². The second kappa shape index (κ2) is 4.81. The van der Waals surface area contributed by atoms with Crippen LogP contribution >= 0.6 is 0 Å². The van der Waals surface area contributed by atoms with Crippen molar-refractivity contribution in [3.05, 3.63) is 59.5 Å². The van der Waals surface area contributed by atoms with E-state index in [0.717, 1.165) is 17.7 Å². The number of rotatable bonds is 4. The zero-order valence-corrected chi connectivity index (χ0v) is 11.1. The molecule has 1 heterocycles. The minimum absolute atomic E-state index is 0.0217. The third-order valence-corrected chi connectivity index (χ3v) is 3.30. The number of hydrogen-bond donors (Lipinski definition) is 0. The van der Waals surface area contributed by atoms with Crippen LogP contribution in [-0.2, 0) is 11.8 Å². The molecule has 0 saturated carbocycles. The van der Waals surface area contributed by atoms with Crippen molar-refractivity contribution in [2.45, 2.75) is 32.6 Å². The van der Waals surface area contributed by atoms with Gasteiger partial charge in [-0.05, 0) is 31.5 Å². The van der Waals surface area contributed by atoms with Crippen molar-refractivity contribution in [3.8, 4) is 0 Å². The van der Waals surface area contributed by atoms with Gasteiger partial charge in [0.1, 0.15) is 5.76 Å². The summed E-state index contributed by atoms with van der Waals surface area (Å²) < 4.78 is 5.55. The number of ketones is 1. The van der Waals surface area contributed by atoms with E-state index in [-0.39, 0.29) is 5.78 Å². The molecule has 0 atom stereocenters. The molecule has 2 heteroatoms. The molecule has 0 amide bonds. The second-order valence-electron chi connectivity index (χ2n) is 4.94. The zero-order chi connectivity index (χ0) is 13.2. The van der Waals surface area contributed by atoms with Gasteiger partial charge < -0.3 is 4.42 Å². The van der Waals surface area contributed by atoms with Gasteiger partial charge >= 0.3 is 0 Å². The Morgan fingerprint density at radius 3 is 2.33 bits per heavy atom. The normalized spacial score (nSPS) is 11.5. The van der Waals surface area contributed by atoms with E-state index in [0.29, 0.717) is 5.76 Å². The monoisotopic (exact) mass is 242 g/mol. The summed E-state index contributed by atoms with van der Waals surface area (Å²) in [7, 11) is 0. The molecule has 0 aliphatic carbocycles. The first-order chi connectivity index (χ1) is 8.55. The summed E-state index contributed by atoms with van der Waals surface area (Å²) in [5, 5.41) is 0. The number of benzene rings is 1. The van der Waals surface area contributed by atoms with Crippen molar-refractivity contribution < 1.29 is 9.21 Å². The van der Waals surface area contributed by atoms with Gasteiger partial charge in [-0.2, -0.15) is 0 Å². The Kier molecular flexibility index (Phi) is 3.37. The summed E-state index contributed by atoms with van der Waals surface area (Å²) in [5.41, 5.74) is 0.439. The lowest BCUT2D eigenvalue weighted by Crippen LogP contribution is -2.28. The van der Waals surface area contributed by atoms with E-state index in [2.05, 4.69) is 0 Å². The summed E-state index contributed by atoms with van der Waals surface area (Å²) in [6.07, 6.45) is 0.805. The molecular formula is C16H18O2. The number of carbonyl (C=O) groups excluding carboxylic acids is 1. The molecule has 0 spiro atoms. The molecule has 0 aliphatic rings. The topological polar surface area (TPSA) is 30.2 Å². The van der Waals surface area contributed by atoms with Crippen LogP contribution in [0.3, 0.4) is 0 Å².